The first kappa shape index (κ1) is 11.6. The van der Waals surface area contributed by atoms with E-state index in [4.69, 9.17) is 5.11 Å². The third-order valence-electron chi connectivity index (χ3n) is 3.06. The number of carbonyl (C=O) groups is 2. The number of aliphatic carboxylic acids is 1. The Bertz CT molecular complexity index is 438. The highest BCUT2D eigenvalue weighted by molar-refractivity contribution is 5.86. The molecule has 1 aromatic rings. The molecule has 1 fully saturated rings. The van der Waals surface area contributed by atoms with E-state index in [1.807, 2.05) is 31.2 Å². The Kier molecular flexibility index (Phi) is 3.13. The Labute approximate surface area is 99.9 Å². The van der Waals surface area contributed by atoms with E-state index in [0.717, 1.165) is 5.56 Å². The van der Waals surface area contributed by atoms with Crippen molar-refractivity contribution < 1.29 is 14.7 Å². The van der Waals surface area contributed by atoms with E-state index >= 15 is 0 Å². The van der Waals surface area contributed by atoms with Gasteiger partial charge in [-0.05, 0) is 12.5 Å². The highest BCUT2D eigenvalue weighted by Gasteiger charge is 2.33. The average molecular weight is 233 g/mol. The first-order valence-electron chi connectivity index (χ1n) is 5.62. The summed E-state index contributed by atoms with van der Waals surface area (Å²) >= 11 is 0. The zero-order valence-corrected chi connectivity index (χ0v) is 9.72. The summed E-state index contributed by atoms with van der Waals surface area (Å²) in [4.78, 5) is 24.0. The maximum atomic E-state index is 11.6. The fourth-order valence-corrected chi connectivity index (χ4v) is 2.00. The molecule has 1 aliphatic rings. The molecule has 0 unspecified atom stereocenters. The molecule has 4 heteroatoms. The van der Waals surface area contributed by atoms with Gasteiger partial charge in [0.05, 0.1) is 5.92 Å². The minimum absolute atomic E-state index is 0.0713. The topological polar surface area (TPSA) is 57.6 Å². The smallest absolute Gasteiger partial charge is 0.308 e. The lowest BCUT2D eigenvalue weighted by Crippen LogP contribution is -2.25. The van der Waals surface area contributed by atoms with Gasteiger partial charge in [0.25, 0.3) is 0 Å². The average Bonchev–Trinajstić information content (AvgIpc) is 2.64. The maximum absolute atomic E-state index is 11.6. The number of hydrogen-bond acceptors (Lipinski definition) is 2. The lowest BCUT2D eigenvalue weighted by atomic mass is 10.1. The highest BCUT2D eigenvalue weighted by Crippen LogP contribution is 2.20. The van der Waals surface area contributed by atoms with Crippen molar-refractivity contribution in [2.75, 3.05) is 6.54 Å². The zero-order chi connectivity index (χ0) is 12.4. The molecule has 0 radical (unpaired) electrons. The van der Waals surface area contributed by atoms with Gasteiger partial charge in [0, 0.05) is 19.5 Å². The molecule has 0 bridgehead atoms. The van der Waals surface area contributed by atoms with Gasteiger partial charge >= 0.3 is 5.97 Å². The number of hydrogen-bond donors (Lipinski definition) is 1. The molecule has 1 amide bonds. The minimum Gasteiger partial charge on any atom is -0.481 e. The second-order valence-corrected chi connectivity index (χ2v) is 4.50. The number of carboxylic acids is 1. The van der Waals surface area contributed by atoms with Crippen molar-refractivity contribution in [3.8, 4) is 0 Å². The Hall–Kier alpha value is -1.84. The van der Waals surface area contributed by atoms with Crippen LogP contribution in [0.1, 0.15) is 17.5 Å². The monoisotopic (exact) mass is 233 g/mol. The van der Waals surface area contributed by atoms with Crippen LogP contribution in [-0.4, -0.2) is 28.4 Å². The number of carboxylic acid groups (broad SMARTS) is 1. The van der Waals surface area contributed by atoms with Gasteiger partial charge in [0.15, 0.2) is 0 Å². The lowest BCUT2D eigenvalue weighted by Gasteiger charge is -2.16. The van der Waals surface area contributed by atoms with E-state index in [1.54, 1.807) is 4.90 Å². The van der Waals surface area contributed by atoms with Crippen molar-refractivity contribution in [1.82, 2.24) is 4.90 Å². The van der Waals surface area contributed by atoms with E-state index in [2.05, 4.69) is 0 Å². The number of rotatable bonds is 3. The Balaban J connectivity index is 2.02. The number of carbonyl (C=O) groups excluding carboxylic acids is 1. The van der Waals surface area contributed by atoms with Gasteiger partial charge in [-0.25, -0.2) is 0 Å². The minimum atomic E-state index is -0.884. The molecule has 90 valence electrons. The quantitative estimate of drug-likeness (QED) is 0.859. The van der Waals surface area contributed by atoms with E-state index in [9.17, 15) is 9.59 Å². The van der Waals surface area contributed by atoms with Crippen LogP contribution in [-0.2, 0) is 16.1 Å². The van der Waals surface area contributed by atoms with Gasteiger partial charge in [-0.2, -0.15) is 0 Å². The molecule has 1 heterocycles. The van der Waals surface area contributed by atoms with Gasteiger partial charge in [0.2, 0.25) is 5.91 Å². The molecular weight excluding hydrogens is 218 g/mol. The third-order valence-corrected chi connectivity index (χ3v) is 3.06. The van der Waals surface area contributed by atoms with Gasteiger partial charge in [-0.3, -0.25) is 9.59 Å². The predicted octanol–water partition coefficient (Wildman–Crippen LogP) is 1.43. The molecule has 1 aromatic carbocycles. The number of nitrogens with zero attached hydrogens (tertiary/aromatic N) is 1. The summed E-state index contributed by atoms with van der Waals surface area (Å²) in [6, 6.07) is 7.92. The normalized spacial score (nSPS) is 19.7. The summed E-state index contributed by atoms with van der Waals surface area (Å²) in [5, 5.41) is 8.87. The Morgan fingerprint density at radius 3 is 2.59 bits per heavy atom. The molecule has 1 N–H and O–H groups in total. The van der Waals surface area contributed by atoms with Crippen molar-refractivity contribution >= 4 is 11.9 Å². The first-order valence-corrected chi connectivity index (χ1v) is 5.62. The molecule has 0 spiro atoms. The van der Waals surface area contributed by atoms with Crippen molar-refractivity contribution in [3.63, 3.8) is 0 Å². The van der Waals surface area contributed by atoms with Gasteiger partial charge in [-0.15, -0.1) is 0 Å². The molecule has 0 saturated carbocycles. The maximum Gasteiger partial charge on any atom is 0.308 e. The second kappa shape index (κ2) is 4.57. The van der Waals surface area contributed by atoms with Crippen molar-refractivity contribution in [3.05, 3.63) is 35.4 Å². The van der Waals surface area contributed by atoms with Crippen molar-refractivity contribution in [2.24, 2.45) is 5.92 Å². The zero-order valence-electron chi connectivity index (χ0n) is 9.72. The summed E-state index contributed by atoms with van der Waals surface area (Å²) in [5.74, 6) is -1.50. The second-order valence-electron chi connectivity index (χ2n) is 4.50. The SMILES string of the molecule is Cc1ccc(CN2C[C@H](C(=O)O)CC2=O)cc1. The van der Waals surface area contributed by atoms with E-state index in [0.29, 0.717) is 13.1 Å². The third kappa shape index (κ3) is 2.64. The number of likely N-dealkylation sites (tertiary alicyclic amines) is 1. The molecular formula is C13H15NO3. The van der Waals surface area contributed by atoms with Gasteiger partial charge in [-0.1, -0.05) is 29.8 Å². The molecule has 1 atom stereocenters. The van der Waals surface area contributed by atoms with Crippen LogP contribution in [0.2, 0.25) is 0 Å². The van der Waals surface area contributed by atoms with Crippen LogP contribution in [0, 0.1) is 12.8 Å². The molecule has 1 aliphatic heterocycles. The summed E-state index contributed by atoms with van der Waals surface area (Å²) in [6.45, 7) is 2.83. The fraction of sp³-hybridized carbons (Fsp3) is 0.385. The Morgan fingerprint density at radius 2 is 2.06 bits per heavy atom. The van der Waals surface area contributed by atoms with Crippen molar-refractivity contribution in [2.45, 2.75) is 19.9 Å². The summed E-state index contributed by atoms with van der Waals surface area (Å²) in [5.41, 5.74) is 2.21. The molecule has 1 saturated heterocycles. The lowest BCUT2D eigenvalue weighted by molar-refractivity contribution is -0.141. The molecule has 4 nitrogen and oxygen atoms in total. The van der Waals surface area contributed by atoms with Gasteiger partial charge in [0.1, 0.15) is 0 Å². The molecule has 2 rings (SSSR count). The summed E-state index contributed by atoms with van der Waals surface area (Å²) < 4.78 is 0. The van der Waals surface area contributed by atoms with Crippen LogP contribution >= 0.6 is 0 Å². The van der Waals surface area contributed by atoms with Crippen molar-refractivity contribution in [1.29, 1.82) is 0 Å². The standard InChI is InChI=1S/C13H15NO3/c1-9-2-4-10(5-3-9)7-14-8-11(13(16)17)6-12(14)15/h2-5,11H,6-8H2,1H3,(H,16,17)/t11-/m1/s1. The number of aryl methyl sites for hydroxylation is 1. The van der Waals surface area contributed by atoms with E-state index in [1.165, 1.54) is 5.56 Å². The molecule has 0 aliphatic carbocycles. The Morgan fingerprint density at radius 1 is 1.41 bits per heavy atom. The molecule has 17 heavy (non-hydrogen) atoms. The van der Waals surface area contributed by atoms with Crippen LogP contribution in [0.3, 0.4) is 0 Å². The van der Waals surface area contributed by atoms with E-state index < -0.39 is 11.9 Å². The fourth-order valence-electron chi connectivity index (χ4n) is 2.00. The van der Waals surface area contributed by atoms with Crippen LogP contribution < -0.4 is 0 Å². The number of benzene rings is 1. The summed E-state index contributed by atoms with van der Waals surface area (Å²) in [7, 11) is 0. The van der Waals surface area contributed by atoms with E-state index in [-0.39, 0.29) is 12.3 Å². The summed E-state index contributed by atoms with van der Waals surface area (Å²) in [6.07, 6.45) is 0.126. The predicted molar refractivity (Wildman–Crippen MR) is 62.3 cm³/mol. The largest absolute Gasteiger partial charge is 0.481 e. The van der Waals surface area contributed by atoms with Crippen LogP contribution in [0.5, 0.6) is 0 Å². The van der Waals surface area contributed by atoms with Crippen LogP contribution in [0.25, 0.3) is 0 Å². The van der Waals surface area contributed by atoms with Crippen LogP contribution in [0.15, 0.2) is 24.3 Å². The van der Waals surface area contributed by atoms with Gasteiger partial charge < -0.3 is 10.0 Å². The van der Waals surface area contributed by atoms with Crippen LogP contribution in [0.4, 0.5) is 0 Å². The molecule has 0 aromatic heterocycles. The first-order chi connectivity index (χ1) is 8.06. The number of amides is 1. The highest BCUT2D eigenvalue weighted by atomic mass is 16.4.